The van der Waals surface area contributed by atoms with Gasteiger partial charge in [-0.1, -0.05) is 6.07 Å². The number of carbonyl (C=O) groups is 1. The molecule has 0 fully saturated rings. The third kappa shape index (κ3) is 3.39. The number of furan rings is 1. The van der Waals surface area contributed by atoms with E-state index >= 15 is 0 Å². The van der Waals surface area contributed by atoms with Crippen molar-refractivity contribution < 1.29 is 18.7 Å². The molecule has 1 heterocycles. The highest BCUT2D eigenvalue weighted by atomic mass is 16.5. The van der Waals surface area contributed by atoms with E-state index in [0.29, 0.717) is 23.6 Å². The van der Waals surface area contributed by atoms with E-state index in [-0.39, 0.29) is 12.0 Å². The van der Waals surface area contributed by atoms with Crippen LogP contribution in [-0.4, -0.2) is 26.7 Å². The number of nitrogens with one attached hydrogen (secondary N) is 1. The minimum atomic E-state index is -0.306. The molecule has 0 saturated carbocycles. The minimum absolute atomic E-state index is 0.183. The van der Waals surface area contributed by atoms with Crippen molar-refractivity contribution >= 4 is 5.91 Å². The second kappa shape index (κ2) is 6.77. The first-order valence-corrected chi connectivity index (χ1v) is 6.23. The number of rotatable bonds is 6. The van der Waals surface area contributed by atoms with Crippen LogP contribution in [0.1, 0.15) is 22.2 Å². The van der Waals surface area contributed by atoms with E-state index in [1.165, 1.54) is 0 Å². The standard InChI is InChI=1S/C15H17NO4/c1-18-12-6-3-5-11(9-12)15(17)16-10-14(19-2)13-7-4-8-20-13/h3-9,14H,10H2,1-2H3,(H,16,17). The van der Waals surface area contributed by atoms with Gasteiger partial charge in [-0.2, -0.15) is 0 Å². The van der Waals surface area contributed by atoms with E-state index < -0.39 is 0 Å². The topological polar surface area (TPSA) is 60.7 Å². The van der Waals surface area contributed by atoms with Gasteiger partial charge in [-0.15, -0.1) is 0 Å². The fourth-order valence-corrected chi connectivity index (χ4v) is 1.83. The molecule has 1 aromatic heterocycles. The van der Waals surface area contributed by atoms with Crippen LogP contribution in [0.5, 0.6) is 5.75 Å². The molecule has 1 amide bonds. The van der Waals surface area contributed by atoms with Crippen molar-refractivity contribution in [2.45, 2.75) is 6.10 Å². The van der Waals surface area contributed by atoms with Gasteiger partial charge in [0.25, 0.3) is 5.91 Å². The first kappa shape index (κ1) is 14.1. The molecule has 1 atom stereocenters. The zero-order valence-electron chi connectivity index (χ0n) is 11.5. The Morgan fingerprint density at radius 3 is 2.80 bits per heavy atom. The molecule has 0 aliphatic carbocycles. The second-order valence-corrected chi connectivity index (χ2v) is 4.18. The average Bonchev–Trinajstić information content (AvgIpc) is 3.02. The first-order valence-electron chi connectivity index (χ1n) is 6.23. The molecule has 1 N–H and O–H groups in total. The normalized spacial score (nSPS) is 11.9. The lowest BCUT2D eigenvalue weighted by Crippen LogP contribution is -2.29. The average molecular weight is 275 g/mol. The van der Waals surface area contributed by atoms with Crippen LogP contribution in [-0.2, 0) is 4.74 Å². The van der Waals surface area contributed by atoms with Crippen LogP contribution in [0.15, 0.2) is 47.1 Å². The van der Waals surface area contributed by atoms with Crippen LogP contribution < -0.4 is 10.1 Å². The monoisotopic (exact) mass is 275 g/mol. The number of carbonyl (C=O) groups excluding carboxylic acids is 1. The minimum Gasteiger partial charge on any atom is -0.497 e. The summed E-state index contributed by atoms with van der Waals surface area (Å²) in [5.74, 6) is 1.14. The summed E-state index contributed by atoms with van der Waals surface area (Å²) >= 11 is 0. The van der Waals surface area contributed by atoms with Gasteiger partial charge >= 0.3 is 0 Å². The van der Waals surface area contributed by atoms with Crippen molar-refractivity contribution in [3.8, 4) is 5.75 Å². The molecular weight excluding hydrogens is 258 g/mol. The molecule has 5 heteroatoms. The highest BCUT2D eigenvalue weighted by molar-refractivity contribution is 5.94. The third-order valence-electron chi connectivity index (χ3n) is 2.92. The Kier molecular flexibility index (Phi) is 4.79. The van der Waals surface area contributed by atoms with Gasteiger partial charge in [0.15, 0.2) is 0 Å². The predicted octanol–water partition coefficient (Wildman–Crippen LogP) is 2.41. The summed E-state index contributed by atoms with van der Waals surface area (Å²) in [6.45, 7) is 0.333. The van der Waals surface area contributed by atoms with Crippen molar-refractivity contribution in [2.75, 3.05) is 20.8 Å². The van der Waals surface area contributed by atoms with Gasteiger partial charge in [-0.3, -0.25) is 4.79 Å². The number of benzene rings is 1. The number of hydrogen-bond acceptors (Lipinski definition) is 4. The maximum Gasteiger partial charge on any atom is 0.251 e. The highest BCUT2D eigenvalue weighted by Crippen LogP contribution is 2.16. The quantitative estimate of drug-likeness (QED) is 0.879. The molecule has 0 saturated heterocycles. The maximum absolute atomic E-state index is 12.0. The molecule has 20 heavy (non-hydrogen) atoms. The Bertz CT molecular complexity index is 551. The molecule has 0 aliphatic rings. The molecule has 0 bridgehead atoms. The van der Waals surface area contributed by atoms with Crippen molar-refractivity contribution in [3.05, 3.63) is 54.0 Å². The van der Waals surface area contributed by atoms with E-state index in [0.717, 1.165) is 0 Å². The lowest BCUT2D eigenvalue weighted by molar-refractivity contribution is 0.0738. The van der Waals surface area contributed by atoms with E-state index in [4.69, 9.17) is 13.9 Å². The molecule has 1 aromatic carbocycles. The van der Waals surface area contributed by atoms with E-state index in [9.17, 15) is 4.79 Å². The fourth-order valence-electron chi connectivity index (χ4n) is 1.83. The smallest absolute Gasteiger partial charge is 0.251 e. The number of ether oxygens (including phenoxy) is 2. The SMILES string of the molecule is COc1cccc(C(=O)NCC(OC)c2ccco2)c1. The van der Waals surface area contributed by atoms with Crippen LogP contribution in [0.25, 0.3) is 0 Å². The Labute approximate surface area is 117 Å². The van der Waals surface area contributed by atoms with Gasteiger partial charge in [0.2, 0.25) is 0 Å². The van der Waals surface area contributed by atoms with E-state index in [1.807, 2.05) is 6.07 Å². The maximum atomic E-state index is 12.0. The summed E-state index contributed by atoms with van der Waals surface area (Å²) in [6, 6.07) is 10.6. The lowest BCUT2D eigenvalue weighted by atomic mass is 10.2. The Morgan fingerprint density at radius 1 is 1.30 bits per heavy atom. The van der Waals surface area contributed by atoms with Crippen LogP contribution in [0.4, 0.5) is 0 Å². The number of amides is 1. The lowest BCUT2D eigenvalue weighted by Gasteiger charge is -2.14. The molecule has 0 aliphatic heterocycles. The molecule has 2 aromatic rings. The molecule has 2 rings (SSSR count). The number of methoxy groups -OCH3 is 2. The predicted molar refractivity (Wildman–Crippen MR) is 73.8 cm³/mol. The van der Waals surface area contributed by atoms with Gasteiger partial charge in [-0.05, 0) is 30.3 Å². The molecule has 5 nitrogen and oxygen atoms in total. The highest BCUT2D eigenvalue weighted by Gasteiger charge is 2.15. The summed E-state index contributed by atoms with van der Waals surface area (Å²) < 4.78 is 15.6. The van der Waals surface area contributed by atoms with Gasteiger partial charge in [0.05, 0.1) is 19.9 Å². The summed E-state index contributed by atoms with van der Waals surface area (Å²) in [5, 5.41) is 2.81. The van der Waals surface area contributed by atoms with Crippen molar-refractivity contribution in [3.63, 3.8) is 0 Å². The Balaban J connectivity index is 1.97. The molecule has 1 unspecified atom stereocenters. The van der Waals surface area contributed by atoms with Gasteiger partial charge < -0.3 is 19.2 Å². The van der Waals surface area contributed by atoms with Crippen molar-refractivity contribution in [1.82, 2.24) is 5.32 Å². The Morgan fingerprint density at radius 2 is 2.15 bits per heavy atom. The van der Waals surface area contributed by atoms with Gasteiger partial charge in [0.1, 0.15) is 17.6 Å². The van der Waals surface area contributed by atoms with Crippen LogP contribution in [0.2, 0.25) is 0 Å². The van der Waals surface area contributed by atoms with Crippen LogP contribution in [0, 0.1) is 0 Å². The molecular formula is C15H17NO4. The first-order chi connectivity index (χ1) is 9.74. The van der Waals surface area contributed by atoms with Crippen molar-refractivity contribution in [2.24, 2.45) is 0 Å². The van der Waals surface area contributed by atoms with Crippen LogP contribution in [0.3, 0.4) is 0 Å². The van der Waals surface area contributed by atoms with E-state index in [2.05, 4.69) is 5.32 Å². The van der Waals surface area contributed by atoms with Crippen molar-refractivity contribution in [1.29, 1.82) is 0 Å². The zero-order chi connectivity index (χ0) is 14.4. The largest absolute Gasteiger partial charge is 0.497 e. The fraction of sp³-hybridized carbons (Fsp3) is 0.267. The van der Waals surface area contributed by atoms with E-state index in [1.54, 1.807) is 50.8 Å². The molecule has 0 radical (unpaired) electrons. The van der Waals surface area contributed by atoms with Gasteiger partial charge in [0, 0.05) is 12.7 Å². The number of hydrogen-bond donors (Lipinski definition) is 1. The molecule has 106 valence electrons. The van der Waals surface area contributed by atoms with Crippen LogP contribution >= 0.6 is 0 Å². The second-order valence-electron chi connectivity index (χ2n) is 4.18. The summed E-state index contributed by atoms with van der Waals surface area (Å²) in [7, 11) is 3.14. The van der Waals surface area contributed by atoms with Gasteiger partial charge in [-0.25, -0.2) is 0 Å². The molecule has 0 spiro atoms. The summed E-state index contributed by atoms with van der Waals surface area (Å²) in [5.41, 5.74) is 0.540. The summed E-state index contributed by atoms with van der Waals surface area (Å²) in [6.07, 6.45) is 1.27. The Hall–Kier alpha value is -2.27. The zero-order valence-corrected chi connectivity index (χ0v) is 11.5. The third-order valence-corrected chi connectivity index (χ3v) is 2.92. The summed E-state index contributed by atoms with van der Waals surface area (Å²) in [4.78, 5) is 12.0.